The molecule has 0 saturated carbocycles. The van der Waals surface area contributed by atoms with Gasteiger partial charge in [0.1, 0.15) is 5.75 Å². The molecule has 6 nitrogen and oxygen atoms in total. The minimum Gasteiger partial charge on any atom is -0.505 e. The number of pyridine rings is 1. The molecule has 18 heavy (non-hydrogen) atoms. The summed E-state index contributed by atoms with van der Waals surface area (Å²) in [5.74, 6) is -0.462. The third-order valence-electron chi connectivity index (χ3n) is 2.82. The normalized spacial score (nSPS) is 10.3. The van der Waals surface area contributed by atoms with Crippen LogP contribution in [0.3, 0.4) is 0 Å². The van der Waals surface area contributed by atoms with Crippen molar-refractivity contribution in [2.24, 2.45) is 7.05 Å². The van der Waals surface area contributed by atoms with Crippen LogP contribution in [-0.4, -0.2) is 25.8 Å². The van der Waals surface area contributed by atoms with Gasteiger partial charge < -0.3 is 10.4 Å². The Labute approximate surface area is 104 Å². The Morgan fingerprint density at radius 3 is 2.89 bits per heavy atom. The second-order valence-electron chi connectivity index (χ2n) is 3.95. The van der Waals surface area contributed by atoms with Crippen LogP contribution in [0, 0.1) is 6.92 Å². The fraction of sp³-hybridized carbons (Fsp3) is 0.250. The Hall–Kier alpha value is -2.37. The second kappa shape index (κ2) is 4.87. The topological polar surface area (TPSA) is 80.0 Å². The van der Waals surface area contributed by atoms with Crippen molar-refractivity contribution in [3.05, 3.63) is 41.5 Å². The number of aromatic nitrogens is 3. The fourth-order valence-corrected chi connectivity index (χ4v) is 1.57. The van der Waals surface area contributed by atoms with E-state index in [0.717, 1.165) is 11.3 Å². The molecule has 0 spiro atoms. The third kappa shape index (κ3) is 2.32. The van der Waals surface area contributed by atoms with Gasteiger partial charge in [-0.05, 0) is 13.0 Å². The zero-order valence-corrected chi connectivity index (χ0v) is 10.2. The number of amides is 1. The number of hydrogen-bond donors (Lipinski definition) is 2. The fourth-order valence-electron chi connectivity index (χ4n) is 1.57. The predicted octanol–water partition coefficient (Wildman–Crippen LogP) is 0.759. The molecule has 0 aromatic carbocycles. The van der Waals surface area contributed by atoms with E-state index in [2.05, 4.69) is 15.4 Å². The van der Waals surface area contributed by atoms with Gasteiger partial charge in [-0.3, -0.25) is 14.5 Å². The van der Waals surface area contributed by atoms with Crippen LogP contribution >= 0.6 is 0 Å². The van der Waals surface area contributed by atoms with Gasteiger partial charge in [-0.2, -0.15) is 5.10 Å². The van der Waals surface area contributed by atoms with Crippen molar-refractivity contribution in [1.29, 1.82) is 0 Å². The highest BCUT2D eigenvalue weighted by Crippen LogP contribution is 2.14. The smallest absolute Gasteiger partial charge is 0.255 e. The molecule has 2 heterocycles. The highest BCUT2D eigenvalue weighted by molar-refractivity contribution is 5.96. The van der Waals surface area contributed by atoms with Crippen LogP contribution in [0.4, 0.5) is 0 Å². The van der Waals surface area contributed by atoms with E-state index in [1.165, 1.54) is 18.5 Å². The van der Waals surface area contributed by atoms with Crippen LogP contribution in [0.25, 0.3) is 0 Å². The van der Waals surface area contributed by atoms with Gasteiger partial charge in [0.2, 0.25) is 0 Å². The van der Waals surface area contributed by atoms with E-state index in [1.54, 1.807) is 10.9 Å². The Balaban J connectivity index is 2.05. The van der Waals surface area contributed by atoms with Crippen molar-refractivity contribution in [2.45, 2.75) is 13.5 Å². The minimum atomic E-state index is -0.335. The summed E-state index contributed by atoms with van der Waals surface area (Å²) >= 11 is 0. The summed E-state index contributed by atoms with van der Waals surface area (Å²) in [6.07, 6.45) is 4.41. The molecular formula is C12H14N4O2. The number of carbonyl (C=O) groups is 1. The average molecular weight is 246 g/mol. The van der Waals surface area contributed by atoms with Gasteiger partial charge in [-0.1, -0.05) is 0 Å². The number of carbonyl (C=O) groups excluding carboxylic acids is 1. The Morgan fingerprint density at radius 1 is 1.50 bits per heavy atom. The molecule has 0 saturated heterocycles. The molecule has 0 unspecified atom stereocenters. The monoisotopic (exact) mass is 246 g/mol. The quantitative estimate of drug-likeness (QED) is 0.837. The van der Waals surface area contributed by atoms with Crippen LogP contribution in [0.1, 0.15) is 21.6 Å². The largest absolute Gasteiger partial charge is 0.505 e. The zero-order valence-electron chi connectivity index (χ0n) is 10.2. The van der Waals surface area contributed by atoms with Crippen LogP contribution in [0.2, 0.25) is 0 Å². The first-order chi connectivity index (χ1) is 8.59. The first-order valence-electron chi connectivity index (χ1n) is 5.48. The van der Waals surface area contributed by atoms with Crippen LogP contribution < -0.4 is 5.32 Å². The van der Waals surface area contributed by atoms with Gasteiger partial charge in [0.15, 0.2) is 0 Å². The molecule has 0 radical (unpaired) electrons. The summed E-state index contributed by atoms with van der Waals surface area (Å²) in [6.45, 7) is 2.30. The maximum absolute atomic E-state index is 11.8. The van der Waals surface area contributed by atoms with Crippen molar-refractivity contribution in [1.82, 2.24) is 20.1 Å². The van der Waals surface area contributed by atoms with E-state index in [1.807, 2.05) is 14.0 Å². The zero-order chi connectivity index (χ0) is 13.1. The van der Waals surface area contributed by atoms with Crippen molar-refractivity contribution in [3.8, 4) is 5.75 Å². The number of aromatic hydroxyl groups is 1. The molecule has 0 aliphatic heterocycles. The maximum Gasteiger partial charge on any atom is 0.255 e. The lowest BCUT2D eigenvalue weighted by atomic mass is 10.2. The molecule has 0 aliphatic carbocycles. The number of hydrogen-bond acceptors (Lipinski definition) is 4. The van der Waals surface area contributed by atoms with E-state index in [4.69, 9.17) is 0 Å². The van der Waals surface area contributed by atoms with Crippen LogP contribution in [0.5, 0.6) is 5.75 Å². The number of rotatable bonds is 3. The predicted molar refractivity (Wildman–Crippen MR) is 65.0 cm³/mol. The summed E-state index contributed by atoms with van der Waals surface area (Å²) in [6, 6.07) is 1.47. The molecule has 1 amide bonds. The number of aryl methyl sites for hydroxylation is 1. The van der Waals surface area contributed by atoms with Gasteiger partial charge in [0.05, 0.1) is 18.0 Å². The lowest BCUT2D eigenvalue weighted by molar-refractivity contribution is 0.0948. The SMILES string of the molecule is Cc1c(CNC(=O)c2ccncc2O)cnn1C. The molecule has 0 bridgehead atoms. The van der Waals surface area contributed by atoms with Crippen molar-refractivity contribution < 1.29 is 9.90 Å². The average Bonchev–Trinajstić information content (AvgIpc) is 2.68. The minimum absolute atomic E-state index is 0.127. The lowest BCUT2D eigenvalue weighted by Crippen LogP contribution is -2.23. The molecule has 2 aromatic rings. The van der Waals surface area contributed by atoms with E-state index in [-0.39, 0.29) is 17.2 Å². The van der Waals surface area contributed by atoms with E-state index >= 15 is 0 Å². The van der Waals surface area contributed by atoms with E-state index in [9.17, 15) is 9.90 Å². The molecule has 2 N–H and O–H groups in total. The Morgan fingerprint density at radius 2 is 2.28 bits per heavy atom. The lowest BCUT2D eigenvalue weighted by Gasteiger charge is -2.06. The van der Waals surface area contributed by atoms with Gasteiger partial charge in [-0.15, -0.1) is 0 Å². The van der Waals surface area contributed by atoms with Crippen molar-refractivity contribution >= 4 is 5.91 Å². The standard InChI is InChI=1S/C12H14N4O2/c1-8-9(6-15-16(8)2)5-14-12(18)10-3-4-13-7-11(10)17/h3-4,6-7,17H,5H2,1-2H3,(H,14,18). The Bertz CT molecular complexity index is 577. The molecule has 0 atom stereocenters. The molecule has 0 aliphatic rings. The first kappa shape index (κ1) is 12.1. The highest BCUT2D eigenvalue weighted by Gasteiger charge is 2.11. The highest BCUT2D eigenvalue weighted by atomic mass is 16.3. The number of nitrogens with one attached hydrogen (secondary N) is 1. The maximum atomic E-state index is 11.8. The summed E-state index contributed by atoms with van der Waals surface area (Å²) in [5, 5.41) is 16.3. The molecule has 0 fully saturated rings. The van der Waals surface area contributed by atoms with Crippen molar-refractivity contribution in [3.63, 3.8) is 0 Å². The van der Waals surface area contributed by atoms with Crippen molar-refractivity contribution in [2.75, 3.05) is 0 Å². The summed E-state index contributed by atoms with van der Waals surface area (Å²) < 4.78 is 1.74. The van der Waals surface area contributed by atoms with Gasteiger partial charge in [0.25, 0.3) is 5.91 Å². The molecule has 2 aromatic heterocycles. The van der Waals surface area contributed by atoms with Gasteiger partial charge >= 0.3 is 0 Å². The summed E-state index contributed by atoms with van der Waals surface area (Å²) in [4.78, 5) is 15.6. The van der Waals surface area contributed by atoms with Crippen LogP contribution in [-0.2, 0) is 13.6 Å². The summed E-state index contributed by atoms with van der Waals surface area (Å²) in [7, 11) is 1.84. The summed E-state index contributed by atoms with van der Waals surface area (Å²) in [5.41, 5.74) is 2.15. The molecule has 94 valence electrons. The molecule has 6 heteroatoms. The van der Waals surface area contributed by atoms with E-state index < -0.39 is 0 Å². The first-order valence-corrected chi connectivity index (χ1v) is 5.48. The van der Waals surface area contributed by atoms with Gasteiger partial charge in [-0.25, -0.2) is 0 Å². The third-order valence-corrected chi connectivity index (χ3v) is 2.82. The van der Waals surface area contributed by atoms with Crippen LogP contribution in [0.15, 0.2) is 24.7 Å². The van der Waals surface area contributed by atoms with Gasteiger partial charge in [0, 0.05) is 31.0 Å². The van der Waals surface area contributed by atoms with E-state index in [0.29, 0.717) is 6.54 Å². The second-order valence-corrected chi connectivity index (χ2v) is 3.95. The Kier molecular flexibility index (Phi) is 3.27. The molecular weight excluding hydrogens is 232 g/mol. The number of nitrogens with zero attached hydrogens (tertiary/aromatic N) is 3. The molecule has 2 rings (SSSR count).